The Morgan fingerprint density at radius 3 is 1.85 bits per heavy atom. The third-order valence-corrected chi connectivity index (χ3v) is 13.4. The monoisotopic (exact) mass is 622 g/mol. The molecular formula is C27H25N6O2P3S2+2. The maximum Gasteiger partial charge on any atom is 0.545 e. The molecule has 0 aliphatic carbocycles. The van der Waals surface area contributed by atoms with Crippen LogP contribution in [0.25, 0.3) is 10.4 Å². The fourth-order valence-corrected chi connectivity index (χ4v) is 10.5. The molecule has 0 heterocycles. The van der Waals surface area contributed by atoms with Crippen molar-refractivity contribution in [2.24, 2.45) is 14.9 Å². The van der Waals surface area contributed by atoms with Gasteiger partial charge in [-0.05, 0) is 64.1 Å². The zero-order chi connectivity index (χ0) is 28.4. The zero-order valence-electron chi connectivity index (χ0n) is 21.6. The molecule has 0 spiro atoms. The second kappa shape index (κ2) is 14.2. The lowest BCUT2D eigenvalue weighted by atomic mass is 10.2. The van der Waals surface area contributed by atoms with Crippen LogP contribution in [-0.2, 0) is 23.6 Å². The molecule has 4 aromatic rings. The van der Waals surface area contributed by atoms with Crippen molar-refractivity contribution in [2.45, 2.75) is 0 Å². The van der Waals surface area contributed by atoms with E-state index in [4.69, 9.17) is 43.0 Å². The van der Waals surface area contributed by atoms with Crippen molar-refractivity contribution in [2.75, 3.05) is 13.7 Å². The van der Waals surface area contributed by atoms with Gasteiger partial charge in [0.1, 0.15) is 24.7 Å². The van der Waals surface area contributed by atoms with E-state index in [-0.39, 0.29) is 0 Å². The van der Waals surface area contributed by atoms with Crippen LogP contribution in [-0.4, -0.2) is 24.7 Å². The molecule has 0 N–H and O–H groups in total. The van der Waals surface area contributed by atoms with Crippen molar-refractivity contribution in [3.8, 4) is 11.5 Å². The predicted octanol–water partition coefficient (Wildman–Crippen LogP) is 7.38. The highest BCUT2D eigenvalue weighted by atomic mass is 32.4. The lowest BCUT2D eigenvalue weighted by Gasteiger charge is -2.23. The van der Waals surface area contributed by atoms with E-state index >= 15 is 0 Å². The van der Waals surface area contributed by atoms with Gasteiger partial charge in [-0.3, -0.25) is 4.52 Å². The zero-order valence-corrected chi connectivity index (χ0v) is 25.9. The van der Waals surface area contributed by atoms with E-state index in [1.54, 1.807) is 23.1 Å². The van der Waals surface area contributed by atoms with E-state index in [9.17, 15) is 0 Å². The largest absolute Gasteiger partial charge is 0.545 e. The molecule has 2 atom stereocenters. The molecule has 0 saturated heterocycles. The molecule has 0 fully saturated rings. The first-order valence-electron chi connectivity index (χ1n) is 11.9. The van der Waals surface area contributed by atoms with E-state index in [0.29, 0.717) is 11.5 Å². The molecule has 0 aliphatic heterocycles. The summed E-state index contributed by atoms with van der Waals surface area (Å²) in [7, 11) is -2.39. The Morgan fingerprint density at radius 2 is 1.32 bits per heavy atom. The quantitative estimate of drug-likeness (QED) is 0.0435. The summed E-state index contributed by atoms with van der Waals surface area (Å²) in [6.45, 7) is 1.26. The highest BCUT2D eigenvalue weighted by Gasteiger charge is 2.33. The number of nitrogens with zero attached hydrogens (tertiary/aromatic N) is 6. The lowest BCUT2D eigenvalue weighted by Crippen LogP contribution is -2.25. The van der Waals surface area contributed by atoms with Gasteiger partial charge in [-0.15, -0.1) is 9.88 Å². The van der Waals surface area contributed by atoms with Crippen LogP contribution >= 0.6 is 21.0 Å². The minimum absolute atomic E-state index is 0.427. The van der Waals surface area contributed by atoms with Gasteiger partial charge in [-0.1, -0.05) is 60.7 Å². The smallest absolute Gasteiger partial charge is 0.394 e. The highest BCUT2D eigenvalue weighted by molar-refractivity contribution is 8.05. The van der Waals surface area contributed by atoms with Gasteiger partial charge < -0.3 is 4.84 Å². The maximum absolute atomic E-state index is 8.60. The Kier molecular flexibility index (Phi) is 10.5. The highest BCUT2D eigenvalue weighted by Crippen LogP contribution is 2.52. The van der Waals surface area contributed by atoms with E-state index in [1.165, 1.54) is 0 Å². The second-order valence-corrected chi connectivity index (χ2v) is 16.5. The third kappa shape index (κ3) is 7.38. The summed E-state index contributed by atoms with van der Waals surface area (Å²) in [5.74, 6) is 1.06. The van der Waals surface area contributed by atoms with Crippen molar-refractivity contribution in [3.05, 3.63) is 125 Å². The summed E-state index contributed by atoms with van der Waals surface area (Å²) < 4.78 is 13.3. The van der Waals surface area contributed by atoms with Crippen molar-refractivity contribution in [1.29, 1.82) is 0 Å². The van der Waals surface area contributed by atoms with Crippen LogP contribution in [0.5, 0.6) is 11.5 Å². The molecule has 4 aromatic carbocycles. The molecule has 0 aromatic heterocycles. The molecule has 8 nitrogen and oxygen atoms in total. The van der Waals surface area contributed by atoms with E-state index in [1.807, 2.05) is 86.5 Å². The van der Waals surface area contributed by atoms with E-state index < -0.39 is 21.0 Å². The average molecular weight is 623 g/mol. The molecule has 4 rings (SSSR count). The molecule has 200 valence electrons. The Balaban J connectivity index is 1.76. The van der Waals surface area contributed by atoms with Crippen LogP contribution in [0.2, 0.25) is 0 Å². The van der Waals surface area contributed by atoms with Gasteiger partial charge in [-0.2, -0.15) is 0 Å². The Labute approximate surface area is 245 Å². The van der Waals surface area contributed by atoms with Gasteiger partial charge in [0.25, 0.3) is 0 Å². The molecule has 13 heteroatoms. The maximum atomic E-state index is 8.60. The van der Waals surface area contributed by atoms with Crippen molar-refractivity contribution >= 4 is 66.7 Å². The fraction of sp³-hybridized carbons (Fsp3) is 0.0741. The summed E-state index contributed by atoms with van der Waals surface area (Å²) in [6, 6.07) is 35.2. The van der Waals surface area contributed by atoms with Crippen LogP contribution in [0.1, 0.15) is 5.56 Å². The van der Waals surface area contributed by atoms with Crippen LogP contribution in [0.3, 0.4) is 0 Å². The third-order valence-electron chi connectivity index (χ3n) is 5.71. The van der Waals surface area contributed by atoms with E-state index in [2.05, 4.69) is 39.6 Å². The SMILES string of the molecule is CN(N=Cc1ccc(O[P+](=S)N=P(c2ccccc2)(c2ccccc2)c2ccc(ON=[N+]=[N-])cc2)cc1)[P+](C)=S. The number of hydrogen-bond donors (Lipinski definition) is 0. The van der Waals surface area contributed by atoms with E-state index in [0.717, 1.165) is 21.5 Å². The second-order valence-electron chi connectivity index (χ2n) is 8.25. The minimum Gasteiger partial charge on any atom is -0.394 e. The summed E-state index contributed by atoms with van der Waals surface area (Å²) in [4.78, 5) is 7.74. The van der Waals surface area contributed by atoms with Gasteiger partial charge in [0.15, 0.2) is 17.6 Å². The minimum atomic E-state index is -2.60. The molecular weight excluding hydrogens is 597 g/mol. The van der Waals surface area contributed by atoms with Crippen molar-refractivity contribution in [3.63, 3.8) is 0 Å². The first kappa shape index (κ1) is 29.5. The molecule has 0 saturated carbocycles. The average Bonchev–Trinajstić information content (AvgIpc) is 2.99. The standard InChI is InChI=1S/C27H25N6O2P3S2/c1-33(36(2)39)29-21-22-13-15-24(16-14-22)35-37(40)32-38(25-9-5-3-6-10-25,26-11-7-4-8-12-26)27-19-17-23(18-20-27)34-31-30-28/h3-21H,1-2H3/q+2. The molecule has 0 aliphatic rings. The van der Waals surface area contributed by atoms with Gasteiger partial charge in [0.05, 0.1) is 13.3 Å². The van der Waals surface area contributed by atoms with Crippen LogP contribution < -0.4 is 25.3 Å². The summed E-state index contributed by atoms with van der Waals surface area (Å²) in [6.07, 6.45) is 1.77. The van der Waals surface area contributed by atoms with Gasteiger partial charge in [0.2, 0.25) is 11.8 Å². The predicted molar refractivity (Wildman–Crippen MR) is 174 cm³/mol. The molecule has 2 unspecified atom stereocenters. The Morgan fingerprint density at radius 1 is 0.800 bits per heavy atom. The summed E-state index contributed by atoms with van der Waals surface area (Å²) in [5, 5.41) is 10.6. The molecule has 0 bridgehead atoms. The summed E-state index contributed by atoms with van der Waals surface area (Å²) in [5.41, 5.74) is 9.53. The first-order valence-corrected chi connectivity index (χ1v) is 18.6. The molecule has 0 radical (unpaired) electrons. The fourth-order valence-electron chi connectivity index (χ4n) is 3.73. The normalized spacial score (nSPS) is 11.8. The van der Waals surface area contributed by atoms with Gasteiger partial charge in [-0.25, -0.2) is 0 Å². The number of azide groups is 1. The molecule has 40 heavy (non-hydrogen) atoms. The molecule has 0 amide bonds. The Bertz CT molecular complexity index is 1570. The summed E-state index contributed by atoms with van der Waals surface area (Å²) >= 11 is 11.2. The number of hydrogen-bond acceptors (Lipinski definition) is 6. The van der Waals surface area contributed by atoms with Gasteiger partial charge in [0, 0.05) is 20.8 Å². The number of rotatable bonds is 11. The topological polar surface area (TPSA) is 95.2 Å². The number of benzene rings is 4. The van der Waals surface area contributed by atoms with Crippen LogP contribution in [0, 0.1) is 0 Å². The lowest BCUT2D eigenvalue weighted by molar-refractivity contribution is 0.333. The number of hydrazone groups is 1. The Hall–Kier alpha value is -3.47. The van der Waals surface area contributed by atoms with Gasteiger partial charge >= 0.3 is 13.9 Å². The van der Waals surface area contributed by atoms with Crippen LogP contribution in [0.15, 0.2) is 124 Å². The van der Waals surface area contributed by atoms with Crippen molar-refractivity contribution in [1.82, 2.24) is 4.78 Å². The van der Waals surface area contributed by atoms with Crippen LogP contribution in [0.4, 0.5) is 0 Å². The van der Waals surface area contributed by atoms with Crippen molar-refractivity contribution < 1.29 is 9.36 Å². The first-order chi connectivity index (χ1) is 19.4.